The van der Waals surface area contributed by atoms with Crippen LogP contribution in [-0.4, -0.2) is 56.9 Å². The first kappa shape index (κ1) is 20.7. The summed E-state index contributed by atoms with van der Waals surface area (Å²) in [5.74, 6) is 0. The Labute approximate surface area is 155 Å². The van der Waals surface area contributed by atoms with Crippen molar-refractivity contribution in [3.05, 3.63) is 29.8 Å². The van der Waals surface area contributed by atoms with Crippen LogP contribution in [0.4, 0.5) is 4.79 Å². The average molecular weight is 385 g/mol. The minimum absolute atomic E-state index is 0.120. The molecule has 7 nitrogen and oxygen atoms in total. The van der Waals surface area contributed by atoms with Crippen LogP contribution in [-0.2, 0) is 23.8 Å². The highest BCUT2D eigenvalue weighted by Gasteiger charge is 2.34. The number of aryl methyl sites for hydroxylation is 1. The summed E-state index contributed by atoms with van der Waals surface area (Å²) in [5, 5.41) is 0. The van der Waals surface area contributed by atoms with Gasteiger partial charge in [-0.3, -0.25) is 4.18 Å². The molecule has 1 atom stereocenters. The molecule has 0 spiro atoms. The molecule has 0 N–H and O–H groups in total. The highest BCUT2D eigenvalue weighted by atomic mass is 32.2. The predicted molar refractivity (Wildman–Crippen MR) is 96.5 cm³/mol. The van der Waals surface area contributed by atoms with Crippen molar-refractivity contribution in [2.45, 2.75) is 57.3 Å². The lowest BCUT2D eigenvalue weighted by atomic mass is 10.1. The summed E-state index contributed by atoms with van der Waals surface area (Å²) in [6, 6.07) is 6.47. The molecule has 0 bridgehead atoms. The van der Waals surface area contributed by atoms with Crippen LogP contribution in [0.1, 0.15) is 33.3 Å². The van der Waals surface area contributed by atoms with E-state index in [-0.39, 0.29) is 23.7 Å². The third-order valence-corrected chi connectivity index (χ3v) is 5.10. The smallest absolute Gasteiger partial charge is 0.410 e. The summed E-state index contributed by atoms with van der Waals surface area (Å²) in [5.41, 5.74) is 0.440. The summed E-state index contributed by atoms with van der Waals surface area (Å²) in [7, 11) is -3.82. The Hall–Kier alpha value is -1.64. The molecule has 2 rings (SSSR count). The number of nitrogens with zero attached hydrogens (tertiary/aromatic N) is 1. The quantitative estimate of drug-likeness (QED) is 0.700. The van der Waals surface area contributed by atoms with Crippen LogP contribution in [0, 0.1) is 6.92 Å². The van der Waals surface area contributed by atoms with Crippen LogP contribution in [0.15, 0.2) is 29.2 Å². The molecular formula is C18H27NO6S. The van der Waals surface area contributed by atoms with Gasteiger partial charge in [-0.15, -0.1) is 0 Å². The molecule has 1 amide bonds. The highest BCUT2D eigenvalue weighted by Crippen LogP contribution is 2.19. The molecule has 26 heavy (non-hydrogen) atoms. The molecule has 0 aliphatic carbocycles. The second kappa shape index (κ2) is 7.94. The number of benzene rings is 1. The first-order valence-electron chi connectivity index (χ1n) is 8.56. The molecule has 0 aromatic heterocycles. The maximum atomic E-state index is 12.2. The third kappa shape index (κ3) is 5.96. The third-order valence-electron chi connectivity index (χ3n) is 3.67. The molecule has 1 fully saturated rings. The average Bonchev–Trinajstić information content (AvgIpc) is 2.43. The molecule has 1 aliphatic rings. The number of carbonyl (C=O) groups is 1. The first-order chi connectivity index (χ1) is 12.0. The Kier molecular flexibility index (Phi) is 6.31. The van der Waals surface area contributed by atoms with E-state index in [1.54, 1.807) is 24.0 Å². The summed E-state index contributed by atoms with van der Waals surface area (Å²) in [6.07, 6.45) is -1.14. The predicted octanol–water partition coefficient (Wildman–Crippen LogP) is 2.72. The van der Waals surface area contributed by atoms with Crippen LogP contribution in [0.25, 0.3) is 0 Å². The van der Waals surface area contributed by atoms with Crippen LogP contribution in [0.2, 0.25) is 0 Å². The molecule has 0 unspecified atom stereocenters. The number of hydrogen-bond acceptors (Lipinski definition) is 6. The standard InChI is InChI=1S/C18H27NO6S/c1-13-6-8-16(9-7-13)26(21,22)25-14(2)12-23-15-10-19(11-15)17(20)24-18(3,4)5/h6-9,14-15H,10-12H2,1-5H3/t14-/m0/s1. The zero-order valence-corrected chi connectivity index (χ0v) is 16.7. The lowest BCUT2D eigenvalue weighted by molar-refractivity contribution is -0.0768. The van der Waals surface area contributed by atoms with Crippen molar-refractivity contribution in [2.24, 2.45) is 0 Å². The molecule has 1 aromatic carbocycles. The van der Waals surface area contributed by atoms with Crippen LogP contribution in [0.5, 0.6) is 0 Å². The van der Waals surface area contributed by atoms with Gasteiger partial charge in [0, 0.05) is 0 Å². The second-order valence-corrected chi connectivity index (χ2v) is 9.09. The fourth-order valence-electron chi connectivity index (χ4n) is 2.30. The maximum absolute atomic E-state index is 12.2. The normalized spacial score (nSPS) is 16.9. The van der Waals surface area contributed by atoms with Gasteiger partial charge in [0.25, 0.3) is 10.1 Å². The molecule has 146 valence electrons. The van der Waals surface area contributed by atoms with E-state index in [0.29, 0.717) is 13.1 Å². The van der Waals surface area contributed by atoms with Crippen molar-refractivity contribution in [3.8, 4) is 0 Å². The molecule has 1 aromatic rings. The Morgan fingerprint density at radius 2 is 1.81 bits per heavy atom. The summed E-state index contributed by atoms with van der Waals surface area (Å²) < 4.78 is 40.5. The van der Waals surface area contributed by atoms with Gasteiger partial charge in [-0.25, -0.2) is 4.79 Å². The summed E-state index contributed by atoms with van der Waals surface area (Å²) in [6.45, 7) is 9.92. The lowest BCUT2D eigenvalue weighted by Gasteiger charge is -2.39. The van der Waals surface area contributed by atoms with Gasteiger partial charge in [0.2, 0.25) is 0 Å². The van der Waals surface area contributed by atoms with E-state index in [1.165, 1.54) is 12.1 Å². The minimum Gasteiger partial charge on any atom is -0.444 e. The number of amides is 1. The van der Waals surface area contributed by atoms with Crippen molar-refractivity contribution in [2.75, 3.05) is 19.7 Å². The number of ether oxygens (including phenoxy) is 2. The first-order valence-corrected chi connectivity index (χ1v) is 9.96. The summed E-state index contributed by atoms with van der Waals surface area (Å²) >= 11 is 0. The van der Waals surface area contributed by atoms with Gasteiger partial charge in [-0.2, -0.15) is 8.42 Å². The van der Waals surface area contributed by atoms with Crippen LogP contribution >= 0.6 is 0 Å². The van der Waals surface area contributed by atoms with Gasteiger partial charge < -0.3 is 14.4 Å². The lowest BCUT2D eigenvalue weighted by Crippen LogP contribution is -2.56. The van der Waals surface area contributed by atoms with Gasteiger partial charge in [-0.1, -0.05) is 17.7 Å². The van der Waals surface area contributed by atoms with E-state index in [9.17, 15) is 13.2 Å². The van der Waals surface area contributed by atoms with Gasteiger partial charge in [0.15, 0.2) is 0 Å². The fourth-order valence-corrected chi connectivity index (χ4v) is 3.36. The molecule has 1 aliphatic heterocycles. The SMILES string of the molecule is Cc1ccc(S(=O)(=O)O[C@@H](C)COC2CN(C(=O)OC(C)(C)C)C2)cc1. The molecule has 1 heterocycles. The number of likely N-dealkylation sites (tertiary alicyclic amines) is 1. The van der Waals surface area contributed by atoms with Crippen LogP contribution in [0.3, 0.4) is 0 Å². The van der Waals surface area contributed by atoms with Crippen molar-refractivity contribution in [1.29, 1.82) is 0 Å². The summed E-state index contributed by atoms with van der Waals surface area (Å²) in [4.78, 5) is 13.5. The van der Waals surface area contributed by atoms with Crippen molar-refractivity contribution in [3.63, 3.8) is 0 Å². The van der Waals surface area contributed by atoms with E-state index in [1.807, 2.05) is 27.7 Å². The Morgan fingerprint density at radius 3 is 2.35 bits per heavy atom. The Balaban J connectivity index is 1.74. The maximum Gasteiger partial charge on any atom is 0.410 e. The van der Waals surface area contributed by atoms with E-state index in [4.69, 9.17) is 13.7 Å². The Bertz CT molecular complexity index is 717. The molecule has 8 heteroatoms. The zero-order valence-electron chi connectivity index (χ0n) is 15.9. The molecule has 0 saturated carbocycles. The Morgan fingerprint density at radius 1 is 1.23 bits per heavy atom. The number of rotatable bonds is 6. The van der Waals surface area contributed by atoms with Gasteiger partial charge in [-0.05, 0) is 46.8 Å². The fraction of sp³-hybridized carbons (Fsp3) is 0.611. The topological polar surface area (TPSA) is 82.1 Å². The van der Waals surface area contributed by atoms with Gasteiger partial charge >= 0.3 is 6.09 Å². The van der Waals surface area contributed by atoms with E-state index >= 15 is 0 Å². The van der Waals surface area contributed by atoms with Crippen molar-refractivity contribution in [1.82, 2.24) is 4.90 Å². The van der Waals surface area contributed by atoms with Crippen molar-refractivity contribution >= 4 is 16.2 Å². The monoisotopic (exact) mass is 385 g/mol. The highest BCUT2D eigenvalue weighted by molar-refractivity contribution is 7.86. The number of carbonyl (C=O) groups excluding carboxylic acids is 1. The second-order valence-electron chi connectivity index (χ2n) is 7.51. The number of hydrogen-bond donors (Lipinski definition) is 0. The largest absolute Gasteiger partial charge is 0.444 e. The van der Waals surface area contributed by atoms with Gasteiger partial charge in [0.05, 0.1) is 36.8 Å². The van der Waals surface area contributed by atoms with Crippen LogP contribution < -0.4 is 0 Å². The van der Waals surface area contributed by atoms with Gasteiger partial charge in [0.1, 0.15) is 5.60 Å². The molecule has 0 radical (unpaired) electrons. The molecule has 1 saturated heterocycles. The van der Waals surface area contributed by atoms with E-state index in [0.717, 1.165) is 5.56 Å². The van der Waals surface area contributed by atoms with E-state index < -0.39 is 21.8 Å². The molecular weight excluding hydrogens is 358 g/mol. The minimum atomic E-state index is -3.82. The zero-order chi connectivity index (χ0) is 19.5. The van der Waals surface area contributed by atoms with Crippen molar-refractivity contribution < 1.29 is 26.9 Å². The van der Waals surface area contributed by atoms with E-state index in [2.05, 4.69) is 0 Å².